The van der Waals surface area contributed by atoms with Gasteiger partial charge in [0.2, 0.25) is 0 Å². The third kappa shape index (κ3) is 5.46. The van der Waals surface area contributed by atoms with Gasteiger partial charge in [0.25, 0.3) is 11.1 Å². The summed E-state index contributed by atoms with van der Waals surface area (Å²) in [6.07, 6.45) is 1.61. The second-order valence-electron chi connectivity index (χ2n) is 7.44. The van der Waals surface area contributed by atoms with Gasteiger partial charge in [-0.2, -0.15) is 10.5 Å². The van der Waals surface area contributed by atoms with Crippen molar-refractivity contribution < 1.29 is 8.78 Å². The molecule has 0 bridgehead atoms. The van der Waals surface area contributed by atoms with Crippen molar-refractivity contribution in [2.75, 3.05) is 10.6 Å². The number of H-pyrrole nitrogens is 2. The van der Waals surface area contributed by atoms with E-state index in [2.05, 4.69) is 19.4 Å². The van der Waals surface area contributed by atoms with Crippen LogP contribution < -0.4 is 21.8 Å². The van der Waals surface area contributed by atoms with Gasteiger partial charge in [-0.1, -0.05) is 18.2 Å². The molecule has 4 N–H and O–H groups in total. The molecule has 0 aliphatic heterocycles. The van der Waals surface area contributed by atoms with Gasteiger partial charge in [0.15, 0.2) is 11.1 Å². The van der Waals surface area contributed by atoms with E-state index >= 15 is 0 Å². The Hall–Kier alpha value is -4.26. The lowest BCUT2D eigenvalue weighted by molar-refractivity contribution is 0.558. The number of nitriles is 2. The van der Waals surface area contributed by atoms with Crippen LogP contribution in [0.4, 0.5) is 30.2 Å². The van der Waals surface area contributed by atoms with Crippen LogP contribution in [0.2, 0.25) is 0 Å². The van der Waals surface area contributed by atoms with Crippen LogP contribution in [0.5, 0.6) is 0 Å². The highest BCUT2D eigenvalue weighted by atomic mass is 32.1. The molecule has 8 nitrogen and oxygen atoms in total. The molecule has 0 unspecified atom stereocenters. The van der Waals surface area contributed by atoms with Crippen molar-refractivity contribution in [2.24, 2.45) is 0 Å². The third-order valence-electron chi connectivity index (χ3n) is 4.98. The average Bonchev–Trinajstić information content (AvgIpc) is 3.52. The smallest absolute Gasteiger partial charge is 0.278 e. The van der Waals surface area contributed by atoms with E-state index in [0.29, 0.717) is 5.00 Å². The van der Waals surface area contributed by atoms with Crippen LogP contribution >= 0.6 is 23.1 Å². The molecule has 1 saturated carbocycles. The maximum Gasteiger partial charge on any atom is 0.278 e. The molecule has 0 saturated heterocycles. The lowest BCUT2D eigenvalue weighted by Crippen LogP contribution is -2.03. The van der Waals surface area contributed by atoms with Crippen molar-refractivity contribution in [2.45, 2.75) is 18.8 Å². The van der Waals surface area contributed by atoms with Gasteiger partial charge in [-0.05, 0) is 66.1 Å². The number of nitrogens with one attached hydrogen (secondary N) is 4. The summed E-state index contributed by atoms with van der Waals surface area (Å²) in [5, 5.41) is 24.1. The fraction of sp³-hybridized carbons (Fsp3) is 0.130. The summed E-state index contributed by atoms with van der Waals surface area (Å²) in [5.41, 5.74) is 0.320. The molecule has 35 heavy (non-hydrogen) atoms. The number of benzene rings is 2. The Balaban J connectivity index is 0.000000172. The Bertz CT molecular complexity index is 1530. The van der Waals surface area contributed by atoms with Crippen LogP contribution in [0.3, 0.4) is 0 Å². The summed E-state index contributed by atoms with van der Waals surface area (Å²) in [6.45, 7) is 0. The first-order valence-corrected chi connectivity index (χ1v) is 11.9. The zero-order valence-corrected chi connectivity index (χ0v) is 19.4. The van der Waals surface area contributed by atoms with E-state index in [-0.39, 0.29) is 38.9 Å². The molecule has 0 spiro atoms. The van der Waals surface area contributed by atoms with Crippen molar-refractivity contribution in [3.8, 4) is 12.1 Å². The second-order valence-corrected chi connectivity index (χ2v) is 9.08. The van der Waals surface area contributed by atoms with Gasteiger partial charge in [0.05, 0.1) is 0 Å². The van der Waals surface area contributed by atoms with Crippen LogP contribution in [-0.2, 0) is 0 Å². The summed E-state index contributed by atoms with van der Waals surface area (Å²) in [7, 11) is 0. The van der Waals surface area contributed by atoms with E-state index in [9.17, 15) is 18.4 Å². The molecule has 2 heterocycles. The Morgan fingerprint density at radius 1 is 0.829 bits per heavy atom. The molecule has 0 radical (unpaired) electrons. The normalized spacial score (nSPS) is 12.1. The standard InChI is InChI=1S/C13H9F2N3OS.C10H7N3OS/c14-9-3-7(4-10(15)11(9)6-1-2-6)17-13-8(5-16)12(19)18-20-13;11-6-8-9(14)13-15-10(8)12-7-4-2-1-3-5-7/h3-4,6,17H,1-2H2,(H,18,19);1-5,12H,(H,13,14). The number of para-hydroxylation sites is 1. The highest BCUT2D eigenvalue weighted by molar-refractivity contribution is 7.10. The summed E-state index contributed by atoms with van der Waals surface area (Å²) >= 11 is 2.04. The number of nitrogens with zero attached hydrogens (tertiary/aromatic N) is 2. The first-order chi connectivity index (χ1) is 16.9. The molecular weight excluding hydrogens is 494 g/mol. The molecule has 2 aromatic heterocycles. The SMILES string of the molecule is N#Cc1c(Nc2cc(F)c(C3CC3)c(F)c2)s[nH]c1=O.N#Cc1c(Nc2ccccc2)s[nH]c1=O. The largest absolute Gasteiger partial charge is 0.345 e. The van der Waals surface area contributed by atoms with Crippen LogP contribution in [0, 0.1) is 34.3 Å². The monoisotopic (exact) mass is 510 g/mol. The molecule has 5 rings (SSSR count). The highest BCUT2D eigenvalue weighted by Gasteiger charge is 2.30. The zero-order valence-electron chi connectivity index (χ0n) is 17.8. The number of aromatic amines is 2. The van der Waals surface area contributed by atoms with E-state index < -0.39 is 17.2 Å². The highest BCUT2D eigenvalue weighted by Crippen LogP contribution is 2.43. The quantitative estimate of drug-likeness (QED) is 0.289. The van der Waals surface area contributed by atoms with Crippen molar-refractivity contribution >= 4 is 44.4 Å². The Kier molecular flexibility index (Phi) is 7.06. The van der Waals surface area contributed by atoms with Gasteiger partial charge < -0.3 is 10.6 Å². The van der Waals surface area contributed by atoms with E-state index in [1.807, 2.05) is 36.4 Å². The van der Waals surface area contributed by atoms with Gasteiger partial charge in [0.1, 0.15) is 33.8 Å². The second kappa shape index (κ2) is 10.3. The van der Waals surface area contributed by atoms with Gasteiger partial charge >= 0.3 is 0 Å². The lowest BCUT2D eigenvalue weighted by atomic mass is 10.1. The maximum absolute atomic E-state index is 13.9. The van der Waals surface area contributed by atoms with E-state index in [4.69, 9.17) is 10.5 Å². The first kappa shape index (κ1) is 23.9. The number of hydrogen-bond acceptors (Lipinski definition) is 8. The Labute approximate surface area is 205 Å². The third-order valence-corrected chi connectivity index (χ3v) is 6.57. The van der Waals surface area contributed by atoms with Crippen LogP contribution in [0.15, 0.2) is 52.1 Å². The molecule has 1 aliphatic rings. The number of rotatable bonds is 5. The van der Waals surface area contributed by atoms with Crippen molar-refractivity contribution in [3.63, 3.8) is 0 Å². The van der Waals surface area contributed by atoms with Crippen LogP contribution in [0.1, 0.15) is 35.4 Å². The zero-order chi connectivity index (χ0) is 24.9. The summed E-state index contributed by atoms with van der Waals surface area (Å²) in [6, 6.07) is 15.4. The van der Waals surface area contributed by atoms with Crippen LogP contribution in [0.25, 0.3) is 0 Å². The number of hydrogen-bond donors (Lipinski definition) is 4. The van der Waals surface area contributed by atoms with E-state index in [1.165, 1.54) is 12.1 Å². The van der Waals surface area contributed by atoms with Gasteiger partial charge in [0, 0.05) is 16.9 Å². The molecule has 0 amide bonds. The molecule has 12 heteroatoms. The predicted molar refractivity (Wildman–Crippen MR) is 131 cm³/mol. The number of aromatic nitrogens is 2. The molecule has 176 valence electrons. The van der Waals surface area contributed by atoms with E-state index in [0.717, 1.165) is 41.6 Å². The minimum absolute atomic E-state index is 0.0259. The minimum Gasteiger partial charge on any atom is -0.345 e. The van der Waals surface area contributed by atoms with Crippen LogP contribution in [-0.4, -0.2) is 8.75 Å². The minimum atomic E-state index is -0.601. The molecule has 4 aromatic rings. The average molecular weight is 511 g/mol. The molecular formula is C23H16F2N6O2S2. The summed E-state index contributed by atoms with van der Waals surface area (Å²) in [5.74, 6) is -1.23. The number of anilines is 4. The molecule has 1 aliphatic carbocycles. The van der Waals surface area contributed by atoms with Crippen molar-refractivity contribution in [1.29, 1.82) is 10.5 Å². The maximum atomic E-state index is 13.9. The fourth-order valence-electron chi connectivity index (χ4n) is 3.19. The predicted octanol–water partition coefficient (Wildman–Crippen LogP) is 5.26. The Morgan fingerprint density at radius 2 is 1.31 bits per heavy atom. The van der Waals surface area contributed by atoms with Gasteiger partial charge in [-0.15, -0.1) is 0 Å². The molecule has 0 atom stereocenters. The van der Waals surface area contributed by atoms with Crippen molar-refractivity contribution in [1.82, 2.24) is 8.75 Å². The fourth-order valence-corrected chi connectivity index (χ4v) is 4.60. The topological polar surface area (TPSA) is 137 Å². The Morgan fingerprint density at radius 3 is 1.77 bits per heavy atom. The van der Waals surface area contributed by atoms with Gasteiger partial charge in [-0.3, -0.25) is 18.3 Å². The molecule has 2 aromatic carbocycles. The van der Waals surface area contributed by atoms with Gasteiger partial charge in [-0.25, -0.2) is 8.78 Å². The number of halogens is 2. The van der Waals surface area contributed by atoms with E-state index in [1.54, 1.807) is 6.07 Å². The first-order valence-electron chi connectivity index (χ1n) is 10.2. The summed E-state index contributed by atoms with van der Waals surface area (Å²) in [4.78, 5) is 22.4. The lowest BCUT2D eigenvalue weighted by Gasteiger charge is -2.08. The summed E-state index contributed by atoms with van der Waals surface area (Å²) < 4.78 is 32.7. The molecule has 1 fully saturated rings. The van der Waals surface area contributed by atoms with Crippen molar-refractivity contribution in [3.05, 3.63) is 91.5 Å².